The standard InChI is InChI=1S/C21H22Cl2N2O3/c1-3-12-24-21(27)15(2)25(13-16-8-10-17(22)11-9-16)20(26)14-28-19-7-5-4-6-18(19)23/h3-11,15H,1,12-14H2,2H3,(H,24,27)/t15-/m1/s1. The Hall–Kier alpha value is -2.50. The number of nitrogens with one attached hydrogen (secondary N) is 1. The molecule has 0 aliphatic carbocycles. The van der Waals surface area contributed by atoms with E-state index in [0.29, 0.717) is 22.3 Å². The van der Waals surface area contributed by atoms with Crippen LogP contribution < -0.4 is 10.1 Å². The quantitative estimate of drug-likeness (QED) is 0.621. The van der Waals surface area contributed by atoms with Crippen LogP contribution in [0.2, 0.25) is 10.0 Å². The molecule has 0 unspecified atom stereocenters. The number of nitrogens with zero attached hydrogens (tertiary/aromatic N) is 1. The van der Waals surface area contributed by atoms with Gasteiger partial charge in [0.05, 0.1) is 5.02 Å². The molecular formula is C21H22Cl2N2O3. The highest BCUT2D eigenvalue weighted by Crippen LogP contribution is 2.23. The molecule has 0 aliphatic rings. The van der Waals surface area contributed by atoms with Crippen molar-refractivity contribution >= 4 is 35.0 Å². The predicted molar refractivity (Wildman–Crippen MR) is 112 cm³/mol. The Labute approximate surface area is 174 Å². The van der Waals surface area contributed by atoms with E-state index in [4.69, 9.17) is 27.9 Å². The van der Waals surface area contributed by atoms with Gasteiger partial charge in [-0.05, 0) is 36.8 Å². The van der Waals surface area contributed by atoms with Crippen molar-refractivity contribution in [1.29, 1.82) is 0 Å². The van der Waals surface area contributed by atoms with Crippen molar-refractivity contribution in [3.63, 3.8) is 0 Å². The van der Waals surface area contributed by atoms with Gasteiger partial charge in [-0.2, -0.15) is 0 Å². The Bertz CT molecular complexity index is 825. The number of carbonyl (C=O) groups is 2. The highest BCUT2D eigenvalue weighted by Gasteiger charge is 2.26. The van der Waals surface area contributed by atoms with Gasteiger partial charge >= 0.3 is 0 Å². The molecule has 2 rings (SSSR count). The molecule has 1 atom stereocenters. The van der Waals surface area contributed by atoms with Crippen molar-refractivity contribution in [2.75, 3.05) is 13.2 Å². The fourth-order valence-electron chi connectivity index (χ4n) is 2.47. The third-order valence-electron chi connectivity index (χ3n) is 4.04. The summed E-state index contributed by atoms with van der Waals surface area (Å²) in [4.78, 5) is 26.7. The Morgan fingerprint density at radius 2 is 1.86 bits per heavy atom. The zero-order valence-corrected chi connectivity index (χ0v) is 17.0. The summed E-state index contributed by atoms with van der Waals surface area (Å²) in [5, 5.41) is 3.72. The molecule has 0 aromatic heterocycles. The van der Waals surface area contributed by atoms with Crippen LogP contribution in [-0.2, 0) is 16.1 Å². The number of rotatable bonds is 9. The van der Waals surface area contributed by atoms with Crippen LogP contribution in [0.4, 0.5) is 0 Å². The molecule has 148 valence electrons. The van der Waals surface area contributed by atoms with E-state index in [1.165, 1.54) is 4.90 Å². The van der Waals surface area contributed by atoms with E-state index in [1.807, 2.05) is 12.1 Å². The highest BCUT2D eigenvalue weighted by atomic mass is 35.5. The fraction of sp³-hybridized carbons (Fsp3) is 0.238. The molecule has 1 N–H and O–H groups in total. The smallest absolute Gasteiger partial charge is 0.261 e. The van der Waals surface area contributed by atoms with Gasteiger partial charge in [0.1, 0.15) is 11.8 Å². The predicted octanol–water partition coefficient (Wildman–Crippen LogP) is 4.09. The van der Waals surface area contributed by atoms with Crippen LogP contribution in [0.5, 0.6) is 5.75 Å². The summed E-state index contributed by atoms with van der Waals surface area (Å²) in [6.07, 6.45) is 1.58. The van der Waals surface area contributed by atoms with E-state index in [0.717, 1.165) is 5.56 Å². The van der Waals surface area contributed by atoms with Crippen molar-refractivity contribution in [2.24, 2.45) is 0 Å². The van der Waals surface area contributed by atoms with Crippen molar-refractivity contribution < 1.29 is 14.3 Å². The van der Waals surface area contributed by atoms with Gasteiger partial charge in [0.25, 0.3) is 5.91 Å². The van der Waals surface area contributed by atoms with E-state index in [-0.39, 0.29) is 25.0 Å². The van der Waals surface area contributed by atoms with Crippen molar-refractivity contribution in [2.45, 2.75) is 19.5 Å². The first-order valence-electron chi connectivity index (χ1n) is 8.72. The Balaban J connectivity index is 2.14. The second-order valence-corrected chi connectivity index (χ2v) is 6.92. The largest absolute Gasteiger partial charge is 0.482 e. The molecule has 0 aliphatic heterocycles. The van der Waals surface area contributed by atoms with Crippen LogP contribution >= 0.6 is 23.2 Å². The minimum absolute atomic E-state index is 0.240. The molecule has 0 bridgehead atoms. The highest BCUT2D eigenvalue weighted by molar-refractivity contribution is 6.32. The molecule has 0 spiro atoms. The van der Waals surface area contributed by atoms with E-state index >= 15 is 0 Å². The number of para-hydroxylation sites is 1. The summed E-state index contributed by atoms with van der Waals surface area (Å²) < 4.78 is 5.56. The molecule has 2 amide bonds. The zero-order valence-electron chi connectivity index (χ0n) is 15.5. The summed E-state index contributed by atoms with van der Waals surface area (Å²) in [5.41, 5.74) is 0.846. The van der Waals surface area contributed by atoms with Gasteiger partial charge in [0.2, 0.25) is 5.91 Å². The molecule has 7 heteroatoms. The maximum absolute atomic E-state index is 12.9. The Morgan fingerprint density at radius 1 is 1.18 bits per heavy atom. The molecule has 28 heavy (non-hydrogen) atoms. The van der Waals surface area contributed by atoms with Crippen LogP contribution in [0, 0.1) is 0 Å². The summed E-state index contributed by atoms with van der Waals surface area (Å²) in [5.74, 6) is -0.205. The molecule has 2 aromatic carbocycles. The lowest BCUT2D eigenvalue weighted by atomic mass is 10.1. The lowest BCUT2D eigenvalue weighted by Gasteiger charge is -2.28. The van der Waals surface area contributed by atoms with Gasteiger partial charge in [-0.15, -0.1) is 6.58 Å². The zero-order chi connectivity index (χ0) is 20.5. The van der Waals surface area contributed by atoms with Gasteiger partial charge in [-0.3, -0.25) is 9.59 Å². The lowest BCUT2D eigenvalue weighted by molar-refractivity contribution is -0.142. The monoisotopic (exact) mass is 420 g/mol. The Morgan fingerprint density at radius 3 is 2.50 bits per heavy atom. The maximum atomic E-state index is 12.9. The maximum Gasteiger partial charge on any atom is 0.261 e. The summed E-state index contributed by atoms with van der Waals surface area (Å²) in [7, 11) is 0. The molecule has 0 saturated carbocycles. The molecule has 5 nitrogen and oxygen atoms in total. The van der Waals surface area contributed by atoms with Gasteiger partial charge in [-0.1, -0.05) is 53.5 Å². The third-order valence-corrected chi connectivity index (χ3v) is 4.61. The topological polar surface area (TPSA) is 58.6 Å². The van der Waals surface area contributed by atoms with Crippen LogP contribution in [0.1, 0.15) is 12.5 Å². The number of halogens is 2. The van der Waals surface area contributed by atoms with Crippen molar-refractivity contribution in [3.8, 4) is 5.75 Å². The third kappa shape index (κ3) is 6.29. The number of hydrogen-bond donors (Lipinski definition) is 1. The molecule has 2 aromatic rings. The first-order chi connectivity index (χ1) is 13.4. The van der Waals surface area contributed by atoms with Gasteiger partial charge in [0, 0.05) is 18.1 Å². The molecule has 0 radical (unpaired) electrons. The van der Waals surface area contributed by atoms with Gasteiger partial charge in [0.15, 0.2) is 6.61 Å². The summed E-state index contributed by atoms with van der Waals surface area (Å²) in [6.45, 7) is 5.57. The first kappa shape index (κ1) is 21.8. The minimum Gasteiger partial charge on any atom is -0.482 e. The van der Waals surface area contributed by atoms with E-state index < -0.39 is 6.04 Å². The lowest BCUT2D eigenvalue weighted by Crippen LogP contribution is -2.49. The number of ether oxygens (including phenoxy) is 1. The summed E-state index contributed by atoms with van der Waals surface area (Å²) >= 11 is 12.0. The molecular weight excluding hydrogens is 399 g/mol. The average Bonchev–Trinajstić information content (AvgIpc) is 2.70. The number of amides is 2. The second kappa shape index (κ2) is 10.7. The Kier molecular flexibility index (Phi) is 8.36. The number of hydrogen-bond acceptors (Lipinski definition) is 3. The van der Waals surface area contributed by atoms with Gasteiger partial charge in [-0.25, -0.2) is 0 Å². The second-order valence-electron chi connectivity index (χ2n) is 6.08. The number of carbonyl (C=O) groups excluding carboxylic acids is 2. The average molecular weight is 421 g/mol. The normalized spacial score (nSPS) is 11.4. The van der Waals surface area contributed by atoms with E-state index in [2.05, 4.69) is 11.9 Å². The van der Waals surface area contributed by atoms with Crippen LogP contribution in [-0.4, -0.2) is 35.9 Å². The fourth-order valence-corrected chi connectivity index (χ4v) is 2.79. The van der Waals surface area contributed by atoms with Crippen molar-refractivity contribution in [3.05, 3.63) is 76.8 Å². The van der Waals surface area contributed by atoms with Crippen molar-refractivity contribution in [1.82, 2.24) is 10.2 Å². The van der Waals surface area contributed by atoms with Crippen LogP contribution in [0.3, 0.4) is 0 Å². The minimum atomic E-state index is -0.696. The van der Waals surface area contributed by atoms with E-state index in [1.54, 1.807) is 49.4 Å². The van der Waals surface area contributed by atoms with Gasteiger partial charge < -0.3 is 15.0 Å². The van der Waals surface area contributed by atoms with Crippen LogP contribution in [0.25, 0.3) is 0 Å². The SMILES string of the molecule is C=CCNC(=O)[C@@H](C)N(Cc1ccc(Cl)cc1)C(=O)COc1ccccc1Cl. The first-order valence-corrected chi connectivity index (χ1v) is 9.47. The number of benzene rings is 2. The molecule has 0 fully saturated rings. The summed E-state index contributed by atoms with van der Waals surface area (Å²) in [6, 6.07) is 13.3. The van der Waals surface area contributed by atoms with E-state index in [9.17, 15) is 9.59 Å². The van der Waals surface area contributed by atoms with Crippen LogP contribution in [0.15, 0.2) is 61.2 Å². The molecule has 0 saturated heterocycles. The molecule has 0 heterocycles.